The van der Waals surface area contributed by atoms with Crippen LogP contribution in [0.15, 0.2) is 52.2 Å². The molecule has 0 fully saturated rings. The van der Waals surface area contributed by atoms with Crippen LogP contribution in [0.5, 0.6) is 5.75 Å². The molecule has 6 heteroatoms. The quantitative estimate of drug-likeness (QED) is 0.691. The summed E-state index contributed by atoms with van der Waals surface area (Å²) in [5, 5.41) is 3.90. The molecular weight excluding hydrogens is 322 g/mol. The molecule has 0 aliphatic carbocycles. The van der Waals surface area contributed by atoms with Crippen molar-refractivity contribution in [3.8, 4) is 5.75 Å². The molecule has 0 saturated heterocycles. The second-order valence-corrected chi connectivity index (χ2v) is 4.72. The second-order valence-electron chi connectivity index (χ2n) is 3.80. The molecule has 2 aromatic rings. The standard InChI is InChI=1S/C14H12BrN3O2/c1-20-13-6-5-11(15)8-10(13)9-17-18-14(19)12-4-2-3-7-16-12/h2-9H,1H3,(H,18,19)/b17-9-. The van der Waals surface area contributed by atoms with Crippen LogP contribution in [-0.4, -0.2) is 24.2 Å². The van der Waals surface area contributed by atoms with Crippen molar-refractivity contribution in [3.63, 3.8) is 0 Å². The van der Waals surface area contributed by atoms with Crippen molar-refractivity contribution >= 4 is 28.1 Å². The van der Waals surface area contributed by atoms with E-state index >= 15 is 0 Å². The molecule has 5 nitrogen and oxygen atoms in total. The van der Waals surface area contributed by atoms with Gasteiger partial charge in [0.25, 0.3) is 5.91 Å². The molecule has 0 bridgehead atoms. The predicted molar refractivity (Wildman–Crippen MR) is 80.0 cm³/mol. The first-order valence-electron chi connectivity index (χ1n) is 5.78. The SMILES string of the molecule is COc1ccc(Br)cc1/C=N\NC(=O)c1ccccn1. The fraction of sp³-hybridized carbons (Fsp3) is 0.0714. The largest absolute Gasteiger partial charge is 0.496 e. The zero-order chi connectivity index (χ0) is 14.4. The number of nitrogens with zero attached hydrogens (tertiary/aromatic N) is 2. The summed E-state index contributed by atoms with van der Waals surface area (Å²) in [5.74, 6) is 0.305. The van der Waals surface area contributed by atoms with E-state index in [0.717, 1.165) is 10.0 Å². The maximum Gasteiger partial charge on any atom is 0.289 e. The highest BCUT2D eigenvalue weighted by molar-refractivity contribution is 9.10. The Bertz CT molecular complexity index is 630. The smallest absolute Gasteiger partial charge is 0.289 e. The third-order valence-corrected chi connectivity index (χ3v) is 2.95. The van der Waals surface area contributed by atoms with Crippen LogP contribution in [0.4, 0.5) is 0 Å². The van der Waals surface area contributed by atoms with E-state index in [1.165, 1.54) is 6.21 Å². The number of carbonyl (C=O) groups excluding carboxylic acids is 1. The number of ether oxygens (including phenoxy) is 1. The first kappa shape index (κ1) is 14.2. The van der Waals surface area contributed by atoms with Gasteiger partial charge >= 0.3 is 0 Å². The number of carbonyl (C=O) groups is 1. The van der Waals surface area contributed by atoms with Gasteiger partial charge in [-0.15, -0.1) is 0 Å². The van der Waals surface area contributed by atoms with Gasteiger partial charge in [-0.2, -0.15) is 5.10 Å². The van der Waals surface area contributed by atoms with E-state index in [9.17, 15) is 4.79 Å². The minimum atomic E-state index is -0.365. The Kier molecular flexibility index (Phi) is 4.84. The van der Waals surface area contributed by atoms with E-state index in [1.807, 2.05) is 18.2 Å². The zero-order valence-corrected chi connectivity index (χ0v) is 12.3. The van der Waals surface area contributed by atoms with Gasteiger partial charge in [-0.1, -0.05) is 22.0 Å². The van der Waals surface area contributed by atoms with Crippen molar-refractivity contribution < 1.29 is 9.53 Å². The Hall–Kier alpha value is -2.21. The second kappa shape index (κ2) is 6.81. The molecule has 0 atom stereocenters. The van der Waals surface area contributed by atoms with Crippen LogP contribution in [0.1, 0.15) is 16.1 Å². The number of nitrogens with one attached hydrogen (secondary N) is 1. The lowest BCUT2D eigenvalue weighted by Crippen LogP contribution is -2.18. The minimum Gasteiger partial charge on any atom is -0.496 e. The van der Waals surface area contributed by atoms with E-state index < -0.39 is 0 Å². The van der Waals surface area contributed by atoms with Crippen LogP contribution in [0.3, 0.4) is 0 Å². The minimum absolute atomic E-state index is 0.311. The van der Waals surface area contributed by atoms with Crippen molar-refractivity contribution in [2.24, 2.45) is 5.10 Å². The Balaban J connectivity index is 2.07. The lowest BCUT2D eigenvalue weighted by Gasteiger charge is -2.04. The van der Waals surface area contributed by atoms with E-state index in [4.69, 9.17) is 4.74 Å². The van der Waals surface area contributed by atoms with Gasteiger partial charge in [-0.05, 0) is 30.3 Å². The highest BCUT2D eigenvalue weighted by Gasteiger charge is 2.04. The highest BCUT2D eigenvalue weighted by Crippen LogP contribution is 2.21. The maximum atomic E-state index is 11.7. The Morgan fingerprint density at radius 3 is 2.95 bits per heavy atom. The van der Waals surface area contributed by atoms with E-state index in [2.05, 4.69) is 31.4 Å². The number of hydrazone groups is 1. The summed E-state index contributed by atoms with van der Waals surface area (Å²) >= 11 is 3.37. The molecule has 2 rings (SSSR count). The summed E-state index contributed by atoms with van der Waals surface area (Å²) in [6.07, 6.45) is 3.07. The number of aromatic nitrogens is 1. The molecule has 1 amide bonds. The summed E-state index contributed by atoms with van der Waals surface area (Å²) in [7, 11) is 1.58. The van der Waals surface area contributed by atoms with Crippen LogP contribution in [0.25, 0.3) is 0 Å². The van der Waals surface area contributed by atoms with E-state index in [-0.39, 0.29) is 5.91 Å². The maximum absolute atomic E-state index is 11.7. The Morgan fingerprint density at radius 1 is 1.40 bits per heavy atom. The molecule has 0 unspecified atom stereocenters. The number of benzene rings is 1. The monoisotopic (exact) mass is 333 g/mol. The summed E-state index contributed by atoms with van der Waals surface area (Å²) in [6, 6.07) is 10.6. The highest BCUT2D eigenvalue weighted by atomic mass is 79.9. The number of halogens is 1. The fourth-order valence-electron chi connectivity index (χ4n) is 1.52. The van der Waals surface area contributed by atoms with Crippen molar-refractivity contribution in [2.75, 3.05) is 7.11 Å². The molecule has 0 spiro atoms. The topological polar surface area (TPSA) is 63.6 Å². The van der Waals surface area contributed by atoms with Crippen LogP contribution in [-0.2, 0) is 0 Å². The van der Waals surface area contributed by atoms with E-state index in [1.54, 1.807) is 31.5 Å². The normalized spacial score (nSPS) is 10.5. The van der Waals surface area contributed by atoms with Crippen LogP contribution >= 0.6 is 15.9 Å². The summed E-state index contributed by atoms with van der Waals surface area (Å²) in [5.41, 5.74) is 3.48. The molecule has 20 heavy (non-hydrogen) atoms. The number of rotatable bonds is 4. The lowest BCUT2D eigenvalue weighted by atomic mass is 10.2. The van der Waals surface area contributed by atoms with Gasteiger partial charge in [-0.3, -0.25) is 9.78 Å². The average molecular weight is 334 g/mol. The fourth-order valence-corrected chi connectivity index (χ4v) is 1.90. The molecule has 0 radical (unpaired) electrons. The number of pyridine rings is 1. The van der Waals surface area contributed by atoms with Crippen molar-refractivity contribution in [2.45, 2.75) is 0 Å². The van der Waals surface area contributed by atoms with Gasteiger partial charge in [0.1, 0.15) is 11.4 Å². The molecule has 0 saturated carbocycles. The molecular formula is C14H12BrN3O2. The molecule has 0 aliphatic rings. The average Bonchev–Trinajstić information content (AvgIpc) is 2.48. The number of hydrogen-bond acceptors (Lipinski definition) is 4. The molecule has 1 aromatic heterocycles. The Morgan fingerprint density at radius 2 is 2.25 bits per heavy atom. The summed E-state index contributed by atoms with van der Waals surface area (Å²) in [6.45, 7) is 0. The predicted octanol–water partition coefficient (Wildman–Crippen LogP) is 2.62. The number of hydrogen-bond donors (Lipinski definition) is 1. The van der Waals surface area contributed by atoms with Gasteiger partial charge in [0, 0.05) is 16.2 Å². The van der Waals surface area contributed by atoms with Crippen LogP contribution in [0, 0.1) is 0 Å². The van der Waals surface area contributed by atoms with Gasteiger partial charge < -0.3 is 4.74 Å². The van der Waals surface area contributed by atoms with Gasteiger partial charge in [-0.25, -0.2) is 5.43 Å². The third-order valence-electron chi connectivity index (χ3n) is 2.46. The number of methoxy groups -OCH3 is 1. The Labute approximate surface area is 124 Å². The molecule has 102 valence electrons. The van der Waals surface area contributed by atoms with E-state index in [0.29, 0.717) is 11.4 Å². The van der Waals surface area contributed by atoms with Crippen LogP contribution < -0.4 is 10.2 Å². The molecule has 0 aliphatic heterocycles. The van der Waals surface area contributed by atoms with Crippen LogP contribution in [0.2, 0.25) is 0 Å². The van der Waals surface area contributed by atoms with Gasteiger partial charge in [0.15, 0.2) is 0 Å². The molecule has 1 aromatic carbocycles. The molecule has 1 heterocycles. The first-order valence-corrected chi connectivity index (χ1v) is 6.58. The zero-order valence-electron chi connectivity index (χ0n) is 10.7. The van der Waals surface area contributed by atoms with Gasteiger partial charge in [0.05, 0.1) is 13.3 Å². The van der Waals surface area contributed by atoms with Crippen molar-refractivity contribution in [3.05, 3.63) is 58.3 Å². The third kappa shape index (κ3) is 3.64. The summed E-state index contributed by atoms with van der Waals surface area (Å²) < 4.78 is 6.10. The van der Waals surface area contributed by atoms with Crippen molar-refractivity contribution in [1.82, 2.24) is 10.4 Å². The lowest BCUT2D eigenvalue weighted by molar-refractivity contribution is 0.0950. The molecule has 1 N–H and O–H groups in total. The number of amides is 1. The first-order chi connectivity index (χ1) is 9.70. The van der Waals surface area contributed by atoms with Crippen molar-refractivity contribution in [1.29, 1.82) is 0 Å². The summed E-state index contributed by atoms with van der Waals surface area (Å²) in [4.78, 5) is 15.7. The van der Waals surface area contributed by atoms with Gasteiger partial charge in [0.2, 0.25) is 0 Å².